The summed E-state index contributed by atoms with van der Waals surface area (Å²) in [5.41, 5.74) is 2.95. The quantitative estimate of drug-likeness (QED) is 0.422. The maximum Gasteiger partial charge on any atom is 0.269 e. The predicted molar refractivity (Wildman–Crippen MR) is 123 cm³/mol. The van der Waals surface area contributed by atoms with E-state index >= 15 is 0 Å². The Labute approximate surface area is 184 Å². The number of nitrogens with one attached hydrogen (secondary N) is 1. The van der Waals surface area contributed by atoms with Gasteiger partial charge in [0.15, 0.2) is 0 Å². The number of amides is 1. The maximum atomic E-state index is 13.6. The van der Waals surface area contributed by atoms with Crippen molar-refractivity contribution in [1.29, 1.82) is 0 Å². The molecule has 166 valence electrons. The van der Waals surface area contributed by atoms with Gasteiger partial charge in [-0.3, -0.25) is 14.9 Å². The number of nitro benzene ring substituents is 1. The number of benzene rings is 2. The summed E-state index contributed by atoms with van der Waals surface area (Å²) in [6, 6.07) is 10.4. The van der Waals surface area contributed by atoms with Gasteiger partial charge >= 0.3 is 0 Å². The minimum atomic E-state index is -0.666. The van der Waals surface area contributed by atoms with Gasteiger partial charge in [0.25, 0.3) is 5.69 Å². The van der Waals surface area contributed by atoms with Gasteiger partial charge in [-0.25, -0.2) is 0 Å². The number of carbonyl (C=O) groups is 1. The summed E-state index contributed by atoms with van der Waals surface area (Å²) in [5.74, 6) is 0.825. The van der Waals surface area contributed by atoms with E-state index in [1.54, 1.807) is 12.1 Å². The number of non-ortho nitro benzene ring substituents is 1. The van der Waals surface area contributed by atoms with E-state index in [-0.39, 0.29) is 17.7 Å². The van der Waals surface area contributed by atoms with Crippen molar-refractivity contribution in [2.24, 2.45) is 0 Å². The lowest BCUT2D eigenvalue weighted by atomic mass is 9.68. The Balaban J connectivity index is 1.88. The van der Waals surface area contributed by atoms with E-state index in [0.29, 0.717) is 0 Å². The van der Waals surface area contributed by atoms with E-state index in [9.17, 15) is 14.9 Å². The van der Waals surface area contributed by atoms with Crippen LogP contribution in [0.4, 0.5) is 11.4 Å². The molecule has 0 radical (unpaired) electrons. The Kier molecular flexibility index (Phi) is 6.98. The average molecular weight is 425 g/mol. The third kappa shape index (κ3) is 4.89. The second kappa shape index (κ2) is 9.50. The normalized spacial score (nSPS) is 16.4. The van der Waals surface area contributed by atoms with Crippen LogP contribution in [0.2, 0.25) is 0 Å². The molecule has 1 N–H and O–H groups in total. The fourth-order valence-electron chi connectivity index (χ4n) is 4.45. The van der Waals surface area contributed by atoms with Crippen LogP contribution < -0.4 is 10.1 Å². The van der Waals surface area contributed by atoms with Gasteiger partial charge in [-0.15, -0.1) is 0 Å². The largest absolute Gasteiger partial charge is 0.490 e. The van der Waals surface area contributed by atoms with Gasteiger partial charge in [0.2, 0.25) is 5.91 Å². The van der Waals surface area contributed by atoms with E-state index in [2.05, 4.69) is 12.2 Å². The summed E-state index contributed by atoms with van der Waals surface area (Å²) in [7, 11) is 0. The van der Waals surface area contributed by atoms with E-state index in [0.717, 1.165) is 66.7 Å². The molecule has 1 aliphatic carbocycles. The van der Waals surface area contributed by atoms with E-state index in [4.69, 9.17) is 4.74 Å². The van der Waals surface area contributed by atoms with Crippen molar-refractivity contribution >= 4 is 17.3 Å². The summed E-state index contributed by atoms with van der Waals surface area (Å²) >= 11 is 0. The minimum Gasteiger partial charge on any atom is -0.490 e. The van der Waals surface area contributed by atoms with Crippen LogP contribution in [0.3, 0.4) is 0 Å². The molecule has 0 heterocycles. The summed E-state index contributed by atoms with van der Waals surface area (Å²) in [5, 5.41) is 14.2. The number of nitro groups is 1. The van der Waals surface area contributed by atoms with Gasteiger partial charge in [-0.05, 0) is 68.9 Å². The average Bonchev–Trinajstić information content (AvgIpc) is 2.76. The molecule has 3 rings (SSSR count). The lowest BCUT2D eigenvalue weighted by Gasteiger charge is -2.36. The Morgan fingerprint density at radius 3 is 2.23 bits per heavy atom. The minimum absolute atomic E-state index is 0.0401. The SMILES string of the molecule is CC[C@@H](C)Oc1c(C)cc(NC(=O)C2(c3ccc([N+](=O)[O-])cc3)CCCCC2)cc1C. The van der Waals surface area contributed by atoms with Crippen molar-refractivity contribution in [3.05, 3.63) is 63.2 Å². The molecule has 1 aliphatic rings. The molecule has 2 aromatic rings. The van der Waals surface area contributed by atoms with Crippen LogP contribution in [-0.4, -0.2) is 16.9 Å². The van der Waals surface area contributed by atoms with Crippen LogP contribution in [0.25, 0.3) is 0 Å². The molecule has 0 aromatic heterocycles. The number of nitrogens with zero attached hydrogens (tertiary/aromatic N) is 1. The van der Waals surface area contributed by atoms with Crippen molar-refractivity contribution in [3.8, 4) is 5.75 Å². The van der Waals surface area contributed by atoms with Crippen molar-refractivity contribution in [3.63, 3.8) is 0 Å². The Morgan fingerprint density at radius 2 is 1.71 bits per heavy atom. The van der Waals surface area contributed by atoms with Gasteiger partial charge in [0.1, 0.15) is 5.75 Å². The second-order valence-electron chi connectivity index (χ2n) is 8.68. The molecular formula is C25H32N2O4. The molecule has 1 atom stereocenters. The zero-order chi connectivity index (χ0) is 22.6. The second-order valence-corrected chi connectivity index (χ2v) is 8.68. The molecule has 0 saturated heterocycles. The number of aryl methyl sites for hydroxylation is 2. The zero-order valence-corrected chi connectivity index (χ0v) is 18.9. The molecule has 31 heavy (non-hydrogen) atoms. The fraction of sp³-hybridized carbons (Fsp3) is 0.480. The van der Waals surface area contributed by atoms with Crippen LogP contribution in [-0.2, 0) is 10.2 Å². The van der Waals surface area contributed by atoms with E-state index in [1.807, 2.05) is 32.9 Å². The molecule has 1 saturated carbocycles. The first kappa shape index (κ1) is 22.8. The summed E-state index contributed by atoms with van der Waals surface area (Å²) in [6.07, 6.45) is 5.56. The molecule has 1 amide bonds. The highest BCUT2D eigenvalue weighted by Gasteiger charge is 2.41. The van der Waals surface area contributed by atoms with Gasteiger partial charge in [-0.2, -0.15) is 0 Å². The number of ether oxygens (including phenoxy) is 1. The Bertz CT molecular complexity index is 923. The smallest absolute Gasteiger partial charge is 0.269 e. The molecule has 0 aliphatic heterocycles. The molecule has 0 spiro atoms. The first-order valence-corrected chi connectivity index (χ1v) is 11.1. The summed E-state index contributed by atoms with van der Waals surface area (Å²) in [6.45, 7) is 8.12. The van der Waals surface area contributed by atoms with Crippen LogP contribution in [0, 0.1) is 24.0 Å². The lowest BCUT2D eigenvalue weighted by Crippen LogP contribution is -2.42. The standard InChI is InChI=1S/C25H32N2O4/c1-5-19(4)31-23-17(2)15-21(16-18(23)3)26-24(28)25(13-7-6-8-14-25)20-9-11-22(12-10-20)27(29)30/h9-12,15-16,19H,5-8,13-14H2,1-4H3,(H,26,28)/t19-/m1/s1. The highest BCUT2D eigenvalue weighted by molar-refractivity contribution is 5.99. The molecule has 1 fully saturated rings. The van der Waals surface area contributed by atoms with Gasteiger partial charge in [0, 0.05) is 17.8 Å². The number of hydrogen-bond donors (Lipinski definition) is 1. The number of rotatable bonds is 7. The summed E-state index contributed by atoms with van der Waals surface area (Å²) < 4.78 is 6.05. The molecule has 6 heteroatoms. The predicted octanol–water partition coefficient (Wildman–Crippen LogP) is 6.23. The van der Waals surface area contributed by atoms with Gasteiger partial charge < -0.3 is 10.1 Å². The van der Waals surface area contributed by atoms with Gasteiger partial charge in [-0.1, -0.05) is 38.3 Å². The van der Waals surface area contributed by atoms with E-state index < -0.39 is 10.3 Å². The fourth-order valence-corrected chi connectivity index (χ4v) is 4.45. The molecule has 0 bridgehead atoms. The van der Waals surface area contributed by atoms with Crippen molar-refractivity contribution in [2.45, 2.75) is 77.7 Å². The molecular weight excluding hydrogens is 392 g/mol. The molecule has 6 nitrogen and oxygen atoms in total. The van der Waals surface area contributed by atoms with Crippen LogP contribution in [0.5, 0.6) is 5.75 Å². The monoisotopic (exact) mass is 424 g/mol. The molecule has 0 unspecified atom stereocenters. The Hall–Kier alpha value is -2.89. The number of carbonyl (C=O) groups excluding carboxylic acids is 1. The zero-order valence-electron chi connectivity index (χ0n) is 18.9. The number of anilines is 1. The van der Waals surface area contributed by atoms with Crippen LogP contribution in [0.15, 0.2) is 36.4 Å². The highest BCUT2D eigenvalue weighted by atomic mass is 16.6. The first-order valence-electron chi connectivity index (χ1n) is 11.1. The van der Waals surface area contributed by atoms with Crippen LogP contribution in [0.1, 0.15) is 69.1 Å². The topological polar surface area (TPSA) is 81.5 Å². The van der Waals surface area contributed by atoms with Crippen molar-refractivity contribution < 1.29 is 14.5 Å². The Morgan fingerprint density at radius 1 is 1.13 bits per heavy atom. The number of hydrogen-bond acceptors (Lipinski definition) is 4. The van der Waals surface area contributed by atoms with Crippen molar-refractivity contribution in [1.82, 2.24) is 0 Å². The van der Waals surface area contributed by atoms with Crippen LogP contribution >= 0.6 is 0 Å². The third-order valence-electron chi connectivity index (χ3n) is 6.38. The molecule has 2 aromatic carbocycles. The van der Waals surface area contributed by atoms with E-state index in [1.165, 1.54) is 12.1 Å². The van der Waals surface area contributed by atoms with Crippen molar-refractivity contribution in [2.75, 3.05) is 5.32 Å². The highest BCUT2D eigenvalue weighted by Crippen LogP contribution is 2.41. The van der Waals surface area contributed by atoms with Gasteiger partial charge in [0.05, 0.1) is 16.4 Å². The lowest BCUT2D eigenvalue weighted by molar-refractivity contribution is -0.384. The third-order valence-corrected chi connectivity index (χ3v) is 6.38. The first-order chi connectivity index (χ1) is 14.8. The summed E-state index contributed by atoms with van der Waals surface area (Å²) in [4.78, 5) is 24.2. The maximum absolute atomic E-state index is 13.6.